The van der Waals surface area contributed by atoms with E-state index in [4.69, 9.17) is 0 Å². The number of hydrogen-bond donors (Lipinski definition) is 2. The first-order valence-electron chi connectivity index (χ1n) is 5.56. The molecule has 2 N–H and O–H groups in total. The van der Waals surface area contributed by atoms with E-state index in [-0.39, 0.29) is 12.1 Å². The normalized spacial score (nSPS) is 10.3. The first kappa shape index (κ1) is 12.9. The van der Waals surface area contributed by atoms with Gasteiger partial charge in [0.05, 0.1) is 18.3 Å². The Kier molecular flexibility index (Phi) is 3.69. The molecule has 2 aromatic heterocycles. The number of aryl methyl sites for hydroxylation is 1. The van der Waals surface area contributed by atoms with E-state index in [0.29, 0.717) is 11.6 Å². The van der Waals surface area contributed by atoms with Crippen LogP contribution >= 0.6 is 0 Å². The number of halogens is 1. The molecule has 0 aromatic carbocycles. The van der Waals surface area contributed by atoms with Gasteiger partial charge in [0.25, 0.3) is 5.91 Å². The molecule has 0 atom stereocenters. The highest BCUT2D eigenvalue weighted by atomic mass is 19.1. The minimum absolute atomic E-state index is 0.137. The Morgan fingerprint density at radius 2 is 2.26 bits per heavy atom. The average molecular weight is 264 g/mol. The van der Waals surface area contributed by atoms with Gasteiger partial charge in [-0.25, -0.2) is 14.4 Å². The molecule has 0 saturated carbocycles. The Balaban J connectivity index is 2.09. The maximum Gasteiger partial charge on any atom is 0.255 e. The first-order valence-corrected chi connectivity index (χ1v) is 5.56. The summed E-state index contributed by atoms with van der Waals surface area (Å²) in [6.07, 6.45) is 2.58. The van der Waals surface area contributed by atoms with E-state index in [1.54, 1.807) is 14.1 Å². The summed E-state index contributed by atoms with van der Waals surface area (Å²) in [6.45, 7) is 0.166. The summed E-state index contributed by atoms with van der Waals surface area (Å²) in [4.78, 5) is 19.7. The molecule has 1 amide bonds. The molecule has 0 radical (unpaired) electrons. The van der Waals surface area contributed by atoms with Gasteiger partial charge in [-0.3, -0.25) is 9.48 Å². The van der Waals surface area contributed by atoms with Gasteiger partial charge in [-0.05, 0) is 6.07 Å². The minimum Gasteiger partial charge on any atom is -0.372 e. The van der Waals surface area contributed by atoms with Gasteiger partial charge < -0.3 is 10.6 Å². The predicted molar refractivity (Wildman–Crippen MR) is 65.9 cm³/mol. The van der Waals surface area contributed by atoms with Crippen LogP contribution in [0.2, 0.25) is 0 Å². The molecule has 8 heteroatoms. The molecule has 7 nitrogen and oxygen atoms in total. The van der Waals surface area contributed by atoms with Crippen molar-refractivity contribution in [3.05, 3.63) is 35.8 Å². The molecule has 0 aliphatic rings. The van der Waals surface area contributed by atoms with Gasteiger partial charge in [0.1, 0.15) is 18.0 Å². The number of aromatic nitrogens is 4. The summed E-state index contributed by atoms with van der Waals surface area (Å²) in [7, 11) is 3.34. The topological polar surface area (TPSA) is 84.7 Å². The first-order chi connectivity index (χ1) is 9.10. The standard InChI is InChI=1S/C11H13FN6O/c1-13-10-8(3-7(12)4-14-10)11(19)15-5-9-16-6-18(2)17-9/h3-4,6H,5H2,1-2H3,(H,13,14)(H,15,19). The number of anilines is 1. The van der Waals surface area contributed by atoms with Gasteiger partial charge in [-0.15, -0.1) is 0 Å². The van der Waals surface area contributed by atoms with Gasteiger partial charge in [0, 0.05) is 14.1 Å². The summed E-state index contributed by atoms with van der Waals surface area (Å²) < 4.78 is 14.6. The molecule has 2 aromatic rings. The molecule has 0 bridgehead atoms. The van der Waals surface area contributed by atoms with E-state index in [1.807, 2.05) is 0 Å². The molecule has 19 heavy (non-hydrogen) atoms. The van der Waals surface area contributed by atoms with Gasteiger partial charge in [0.15, 0.2) is 5.82 Å². The molecule has 2 rings (SSSR count). The van der Waals surface area contributed by atoms with Crippen LogP contribution in [-0.2, 0) is 13.6 Å². The van der Waals surface area contributed by atoms with E-state index < -0.39 is 11.7 Å². The second-order valence-electron chi connectivity index (χ2n) is 3.82. The molecular formula is C11H13FN6O. The van der Waals surface area contributed by atoms with Crippen molar-refractivity contribution >= 4 is 11.7 Å². The highest BCUT2D eigenvalue weighted by Gasteiger charge is 2.13. The van der Waals surface area contributed by atoms with Crippen molar-refractivity contribution in [1.29, 1.82) is 0 Å². The maximum absolute atomic E-state index is 13.1. The molecule has 0 saturated heterocycles. The summed E-state index contributed by atoms with van der Waals surface area (Å²) >= 11 is 0. The number of hydrogen-bond acceptors (Lipinski definition) is 5. The zero-order chi connectivity index (χ0) is 13.8. The monoisotopic (exact) mass is 264 g/mol. The van der Waals surface area contributed by atoms with E-state index in [9.17, 15) is 9.18 Å². The molecule has 2 heterocycles. The zero-order valence-corrected chi connectivity index (χ0v) is 10.5. The van der Waals surface area contributed by atoms with Crippen molar-refractivity contribution in [3.8, 4) is 0 Å². The van der Waals surface area contributed by atoms with Crippen LogP contribution in [0.3, 0.4) is 0 Å². The lowest BCUT2D eigenvalue weighted by Crippen LogP contribution is -2.25. The Labute approximate surface area is 108 Å². The second kappa shape index (κ2) is 5.42. The van der Waals surface area contributed by atoms with Crippen LogP contribution < -0.4 is 10.6 Å². The van der Waals surface area contributed by atoms with Crippen molar-refractivity contribution in [1.82, 2.24) is 25.1 Å². The lowest BCUT2D eigenvalue weighted by atomic mass is 10.2. The smallest absolute Gasteiger partial charge is 0.255 e. The van der Waals surface area contributed by atoms with E-state index in [0.717, 1.165) is 12.3 Å². The SMILES string of the molecule is CNc1ncc(F)cc1C(=O)NCc1ncn(C)n1. The second-order valence-corrected chi connectivity index (χ2v) is 3.82. The Hall–Kier alpha value is -2.51. The maximum atomic E-state index is 13.1. The fourth-order valence-electron chi connectivity index (χ4n) is 1.53. The Bertz CT molecular complexity index is 597. The van der Waals surface area contributed by atoms with Crippen molar-refractivity contribution < 1.29 is 9.18 Å². The van der Waals surface area contributed by atoms with Gasteiger partial charge in [-0.2, -0.15) is 5.10 Å². The fraction of sp³-hybridized carbons (Fsp3) is 0.273. The van der Waals surface area contributed by atoms with Crippen LogP contribution in [0.25, 0.3) is 0 Å². The van der Waals surface area contributed by atoms with Crippen LogP contribution in [0.1, 0.15) is 16.2 Å². The van der Waals surface area contributed by atoms with E-state index in [1.165, 1.54) is 11.0 Å². The van der Waals surface area contributed by atoms with Gasteiger partial charge in [-0.1, -0.05) is 0 Å². The van der Waals surface area contributed by atoms with Crippen LogP contribution in [0.5, 0.6) is 0 Å². The van der Waals surface area contributed by atoms with Crippen LogP contribution in [0.4, 0.5) is 10.2 Å². The molecule has 0 fully saturated rings. The summed E-state index contributed by atoms with van der Waals surface area (Å²) in [5.41, 5.74) is 0.137. The molecular weight excluding hydrogens is 251 g/mol. The Morgan fingerprint density at radius 1 is 1.47 bits per heavy atom. The number of nitrogens with zero attached hydrogens (tertiary/aromatic N) is 4. The summed E-state index contributed by atoms with van der Waals surface area (Å²) in [6, 6.07) is 1.13. The highest BCUT2D eigenvalue weighted by Crippen LogP contribution is 2.12. The van der Waals surface area contributed by atoms with Crippen molar-refractivity contribution in [2.45, 2.75) is 6.54 Å². The summed E-state index contributed by atoms with van der Waals surface area (Å²) in [5.74, 6) is -0.219. The third-order valence-electron chi connectivity index (χ3n) is 2.39. The van der Waals surface area contributed by atoms with Gasteiger partial charge in [0.2, 0.25) is 0 Å². The number of carbonyl (C=O) groups is 1. The lowest BCUT2D eigenvalue weighted by Gasteiger charge is -2.07. The molecule has 0 aliphatic heterocycles. The molecule has 0 unspecified atom stereocenters. The largest absolute Gasteiger partial charge is 0.372 e. The van der Waals surface area contributed by atoms with E-state index in [2.05, 4.69) is 25.7 Å². The van der Waals surface area contributed by atoms with Crippen molar-refractivity contribution in [2.24, 2.45) is 7.05 Å². The van der Waals surface area contributed by atoms with Gasteiger partial charge >= 0.3 is 0 Å². The summed E-state index contributed by atoms with van der Waals surface area (Å²) in [5, 5.41) is 9.36. The number of amides is 1. The fourth-order valence-corrected chi connectivity index (χ4v) is 1.53. The van der Waals surface area contributed by atoms with Crippen LogP contribution in [0, 0.1) is 5.82 Å². The molecule has 0 spiro atoms. The molecule has 100 valence electrons. The third kappa shape index (κ3) is 3.03. The van der Waals surface area contributed by atoms with Crippen LogP contribution in [-0.4, -0.2) is 32.7 Å². The average Bonchev–Trinajstić information content (AvgIpc) is 2.81. The highest BCUT2D eigenvalue weighted by molar-refractivity contribution is 5.98. The van der Waals surface area contributed by atoms with Crippen LogP contribution in [0.15, 0.2) is 18.6 Å². The lowest BCUT2D eigenvalue weighted by molar-refractivity contribution is 0.0950. The predicted octanol–water partition coefficient (Wildman–Crippen LogP) is 0.321. The van der Waals surface area contributed by atoms with E-state index >= 15 is 0 Å². The van der Waals surface area contributed by atoms with Crippen molar-refractivity contribution in [3.63, 3.8) is 0 Å². The number of nitrogens with one attached hydrogen (secondary N) is 2. The zero-order valence-electron chi connectivity index (χ0n) is 10.5. The quantitative estimate of drug-likeness (QED) is 0.830. The Morgan fingerprint density at radius 3 is 2.89 bits per heavy atom. The number of carbonyl (C=O) groups excluding carboxylic acids is 1. The minimum atomic E-state index is -0.569. The third-order valence-corrected chi connectivity index (χ3v) is 2.39. The number of pyridine rings is 1. The van der Waals surface area contributed by atoms with Crippen molar-refractivity contribution in [2.75, 3.05) is 12.4 Å². The molecule has 0 aliphatic carbocycles. The number of rotatable bonds is 4.